The van der Waals surface area contributed by atoms with Crippen molar-refractivity contribution in [3.8, 4) is 17.2 Å². The van der Waals surface area contributed by atoms with Gasteiger partial charge in [0.15, 0.2) is 6.61 Å². The first-order valence-electron chi connectivity index (χ1n) is 9.27. The van der Waals surface area contributed by atoms with Crippen LogP contribution >= 0.6 is 0 Å². The van der Waals surface area contributed by atoms with Gasteiger partial charge in [-0.2, -0.15) is 0 Å². The highest BCUT2D eigenvalue weighted by atomic mass is 32.2. The van der Waals surface area contributed by atoms with E-state index in [9.17, 15) is 18.0 Å². The Hall–Kier alpha value is -3.89. The molecule has 0 fully saturated rings. The fourth-order valence-corrected chi connectivity index (χ4v) is 3.39. The van der Waals surface area contributed by atoms with Crippen LogP contribution in [-0.4, -0.2) is 34.0 Å². The summed E-state index contributed by atoms with van der Waals surface area (Å²) >= 11 is 0. The number of hydrogen-bond acceptors (Lipinski definition) is 7. The molecular weight excluding hydrogens is 436 g/mol. The van der Waals surface area contributed by atoms with Gasteiger partial charge < -0.3 is 19.5 Å². The van der Waals surface area contributed by atoms with Crippen molar-refractivity contribution in [2.45, 2.75) is 4.90 Å². The number of nitrogens with two attached hydrogens (primary N) is 1. The summed E-state index contributed by atoms with van der Waals surface area (Å²) in [5, 5.41) is 7.72. The summed E-state index contributed by atoms with van der Waals surface area (Å²) in [5.41, 5.74) is 0.387. The first-order chi connectivity index (χ1) is 15.3. The number of methoxy groups -OCH3 is 1. The predicted octanol–water partition coefficient (Wildman–Crippen LogP) is 2.93. The Morgan fingerprint density at radius 1 is 0.938 bits per heavy atom. The lowest BCUT2D eigenvalue weighted by Gasteiger charge is -2.10. The van der Waals surface area contributed by atoms with Crippen molar-refractivity contribution < 1.29 is 32.2 Å². The van der Waals surface area contributed by atoms with Crippen LogP contribution in [0.4, 0.5) is 5.69 Å². The van der Waals surface area contributed by atoms with Gasteiger partial charge in [-0.1, -0.05) is 18.2 Å². The molecular formula is C22H20N2O7S. The van der Waals surface area contributed by atoms with Gasteiger partial charge in [0.05, 0.1) is 12.7 Å². The highest BCUT2D eigenvalue weighted by Gasteiger charge is 2.19. The van der Waals surface area contributed by atoms with E-state index in [-0.39, 0.29) is 16.2 Å². The molecule has 0 unspecified atom stereocenters. The third-order valence-corrected chi connectivity index (χ3v) is 5.09. The number of hydrogen-bond donors (Lipinski definition) is 2. The normalized spacial score (nSPS) is 10.8. The Morgan fingerprint density at radius 3 is 2.22 bits per heavy atom. The number of ether oxygens (including phenoxy) is 3. The molecule has 0 aliphatic carbocycles. The molecule has 0 saturated carbocycles. The first kappa shape index (κ1) is 22.8. The van der Waals surface area contributed by atoms with E-state index in [4.69, 9.17) is 19.3 Å². The van der Waals surface area contributed by atoms with Gasteiger partial charge in [0.2, 0.25) is 10.0 Å². The molecule has 0 saturated heterocycles. The smallest absolute Gasteiger partial charge is 0.338 e. The van der Waals surface area contributed by atoms with Gasteiger partial charge in [-0.05, 0) is 54.6 Å². The second-order valence-corrected chi connectivity index (χ2v) is 8.00. The molecule has 0 heterocycles. The number of esters is 1. The average Bonchev–Trinajstić information content (AvgIpc) is 2.78. The first-order valence-corrected chi connectivity index (χ1v) is 10.8. The van der Waals surface area contributed by atoms with Crippen LogP contribution in [0.2, 0.25) is 0 Å². The molecule has 3 N–H and O–H groups in total. The van der Waals surface area contributed by atoms with Crippen LogP contribution in [0.3, 0.4) is 0 Å². The number of carbonyl (C=O) groups is 2. The monoisotopic (exact) mass is 456 g/mol. The highest BCUT2D eigenvalue weighted by Crippen LogP contribution is 2.24. The third kappa shape index (κ3) is 6.06. The molecule has 10 heteroatoms. The molecule has 9 nitrogen and oxygen atoms in total. The quantitative estimate of drug-likeness (QED) is 0.498. The van der Waals surface area contributed by atoms with Crippen molar-refractivity contribution in [3.63, 3.8) is 0 Å². The SMILES string of the molecule is COc1ccc(C(=O)OCC(=O)Nc2ccc(Oc3ccccc3)cc2)cc1S(N)(=O)=O. The predicted molar refractivity (Wildman–Crippen MR) is 116 cm³/mol. The zero-order chi connectivity index (χ0) is 23.1. The maximum atomic E-state index is 12.2. The second kappa shape index (κ2) is 9.94. The molecule has 0 aromatic heterocycles. The number of carbonyl (C=O) groups excluding carboxylic acids is 2. The van der Waals surface area contributed by atoms with Gasteiger partial charge in [0, 0.05) is 5.69 Å². The minimum absolute atomic E-state index is 0.0125. The van der Waals surface area contributed by atoms with E-state index in [1.165, 1.54) is 19.2 Å². The number of benzene rings is 3. The molecule has 3 rings (SSSR count). The molecule has 0 aliphatic rings. The number of nitrogens with one attached hydrogen (secondary N) is 1. The van der Waals surface area contributed by atoms with E-state index in [2.05, 4.69) is 5.32 Å². The summed E-state index contributed by atoms with van der Waals surface area (Å²) in [6.45, 7) is -0.572. The van der Waals surface area contributed by atoms with Crippen LogP contribution in [0.25, 0.3) is 0 Å². The van der Waals surface area contributed by atoms with E-state index in [0.717, 1.165) is 6.07 Å². The van der Waals surface area contributed by atoms with Crippen molar-refractivity contribution >= 4 is 27.6 Å². The summed E-state index contributed by atoms with van der Waals surface area (Å²) < 4.78 is 38.9. The number of para-hydroxylation sites is 1. The zero-order valence-corrected chi connectivity index (χ0v) is 17.8. The molecule has 32 heavy (non-hydrogen) atoms. The Bertz CT molecular complexity index is 1210. The number of primary sulfonamides is 1. The lowest BCUT2D eigenvalue weighted by Crippen LogP contribution is -2.21. The summed E-state index contributed by atoms with van der Waals surface area (Å²) in [6, 6.07) is 19.5. The maximum Gasteiger partial charge on any atom is 0.338 e. The Morgan fingerprint density at radius 2 is 1.59 bits per heavy atom. The molecule has 1 amide bonds. The minimum Gasteiger partial charge on any atom is -0.495 e. The molecule has 0 atom stereocenters. The largest absolute Gasteiger partial charge is 0.495 e. The standard InChI is InChI=1S/C22H20N2O7S/c1-29-19-12-7-15(13-20(19)32(23,27)28)22(26)30-14-21(25)24-16-8-10-18(11-9-16)31-17-5-3-2-4-6-17/h2-13H,14H2,1H3,(H,24,25)(H2,23,27,28). The van der Waals surface area contributed by atoms with Crippen molar-refractivity contribution in [1.82, 2.24) is 0 Å². The summed E-state index contributed by atoms with van der Waals surface area (Å²) in [4.78, 5) is 23.9. The van der Waals surface area contributed by atoms with Gasteiger partial charge in [-0.25, -0.2) is 18.4 Å². The number of amides is 1. The van der Waals surface area contributed by atoms with E-state index < -0.39 is 28.5 Å². The number of sulfonamides is 1. The van der Waals surface area contributed by atoms with Crippen molar-refractivity contribution in [2.75, 3.05) is 19.0 Å². The summed E-state index contributed by atoms with van der Waals surface area (Å²) in [7, 11) is -2.85. The second-order valence-electron chi connectivity index (χ2n) is 6.47. The highest BCUT2D eigenvalue weighted by molar-refractivity contribution is 7.89. The van der Waals surface area contributed by atoms with Gasteiger partial charge in [-0.15, -0.1) is 0 Å². The van der Waals surface area contributed by atoms with E-state index >= 15 is 0 Å². The van der Waals surface area contributed by atoms with Crippen LogP contribution in [-0.2, 0) is 19.6 Å². The molecule has 166 valence electrons. The molecule has 0 radical (unpaired) electrons. The summed E-state index contributed by atoms with van der Waals surface area (Å²) in [5.74, 6) is -0.206. The van der Waals surface area contributed by atoms with Gasteiger partial charge in [-0.3, -0.25) is 4.79 Å². The van der Waals surface area contributed by atoms with Gasteiger partial charge >= 0.3 is 5.97 Å². The van der Waals surface area contributed by atoms with Crippen molar-refractivity contribution in [1.29, 1.82) is 0 Å². The van der Waals surface area contributed by atoms with E-state index in [1.54, 1.807) is 24.3 Å². The minimum atomic E-state index is -4.12. The lowest BCUT2D eigenvalue weighted by atomic mass is 10.2. The van der Waals surface area contributed by atoms with Gasteiger partial charge in [0.25, 0.3) is 5.91 Å². The van der Waals surface area contributed by atoms with Crippen molar-refractivity contribution in [3.05, 3.63) is 78.4 Å². The Kier molecular flexibility index (Phi) is 7.08. The number of anilines is 1. The molecule has 0 aliphatic heterocycles. The molecule has 3 aromatic carbocycles. The molecule has 3 aromatic rings. The van der Waals surface area contributed by atoms with Gasteiger partial charge in [0.1, 0.15) is 22.1 Å². The van der Waals surface area contributed by atoms with Crippen LogP contribution < -0.4 is 19.9 Å². The van der Waals surface area contributed by atoms with Crippen LogP contribution in [0, 0.1) is 0 Å². The average molecular weight is 456 g/mol. The lowest BCUT2D eigenvalue weighted by molar-refractivity contribution is -0.119. The molecule has 0 spiro atoms. The third-order valence-electron chi connectivity index (χ3n) is 4.16. The van der Waals surface area contributed by atoms with Crippen molar-refractivity contribution in [2.24, 2.45) is 5.14 Å². The fourth-order valence-electron chi connectivity index (χ4n) is 2.67. The van der Waals surface area contributed by atoms with Crippen LogP contribution in [0.5, 0.6) is 17.2 Å². The fraction of sp³-hybridized carbons (Fsp3) is 0.0909. The van der Waals surface area contributed by atoms with Crippen LogP contribution in [0.15, 0.2) is 77.7 Å². The zero-order valence-electron chi connectivity index (χ0n) is 17.0. The Labute approximate surface area is 184 Å². The van der Waals surface area contributed by atoms with E-state index in [1.807, 2.05) is 30.3 Å². The Balaban J connectivity index is 1.56. The topological polar surface area (TPSA) is 134 Å². The number of rotatable bonds is 8. The summed E-state index contributed by atoms with van der Waals surface area (Å²) in [6.07, 6.45) is 0. The van der Waals surface area contributed by atoms with E-state index in [0.29, 0.717) is 17.2 Å². The van der Waals surface area contributed by atoms with Crippen LogP contribution in [0.1, 0.15) is 10.4 Å². The maximum absolute atomic E-state index is 12.2. The molecule has 0 bridgehead atoms.